The Kier molecular flexibility index (Phi) is 9.20. The van der Waals surface area contributed by atoms with Gasteiger partial charge in [-0.25, -0.2) is 0 Å². The maximum absolute atomic E-state index is 13.9. The molecular formula is C16H26F12O3Si3. The van der Waals surface area contributed by atoms with E-state index >= 15 is 0 Å². The van der Waals surface area contributed by atoms with Crippen molar-refractivity contribution < 1.29 is 65.0 Å². The van der Waals surface area contributed by atoms with Gasteiger partial charge in [0.25, 0.3) is 10.0 Å². The van der Waals surface area contributed by atoms with Crippen molar-refractivity contribution in [2.24, 2.45) is 5.41 Å². The van der Waals surface area contributed by atoms with Crippen molar-refractivity contribution in [1.82, 2.24) is 0 Å². The van der Waals surface area contributed by atoms with Crippen LogP contribution in [-0.4, -0.2) is 51.8 Å². The average molecular weight is 579 g/mol. The van der Waals surface area contributed by atoms with Crippen LogP contribution < -0.4 is 0 Å². The van der Waals surface area contributed by atoms with Gasteiger partial charge in [0.15, 0.2) is 0 Å². The van der Waals surface area contributed by atoms with Gasteiger partial charge in [-0.1, -0.05) is 27.7 Å². The summed E-state index contributed by atoms with van der Waals surface area (Å²) in [5, 5.41) is -2.23. The minimum absolute atomic E-state index is 0.688. The molecule has 18 heteroatoms. The molecule has 1 saturated heterocycles. The van der Waals surface area contributed by atoms with Crippen LogP contribution in [0.5, 0.6) is 0 Å². The topological polar surface area (TPSA) is 27.7 Å². The summed E-state index contributed by atoms with van der Waals surface area (Å²) in [6.45, 7) is 3.26. The molecular weight excluding hydrogens is 552 g/mol. The average Bonchev–Trinajstić information content (AvgIpc) is 2.61. The summed E-state index contributed by atoms with van der Waals surface area (Å²) in [4.78, 5) is 0. The van der Waals surface area contributed by atoms with Crippen LogP contribution >= 0.6 is 0 Å². The zero-order valence-electron chi connectivity index (χ0n) is 18.7. The Balaban J connectivity index is 3.60. The van der Waals surface area contributed by atoms with Crippen LogP contribution in [0.4, 0.5) is 52.7 Å². The van der Waals surface area contributed by atoms with E-state index in [0.29, 0.717) is 13.8 Å². The molecule has 1 unspecified atom stereocenters. The maximum atomic E-state index is 13.9. The Morgan fingerprint density at radius 1 is 0.588 bits per heavy atom. The monoisotopic (exact) mass is 578 g/mol. The van der Waals surface area contributed by atoms with Crippen molar-refractivity contribution in [2.45, 2.75) is 94.8 Å². The number of alkyl halides is 12. The molecule has 0 bridgehead atoms. The summed E-state index contributed by atoms with van der Waals surface area (Å²) < 4.78 is 175. The summed E-state index contributed by atoms with van der Waals surface area (Å²) in [7, 11) is -11.9. The molecule has 0 aromatic rings. The largest absolute Gasteiger partial charge is 0.420 e. The SMILES string of the molecule is CC(C)(C(F)(F)F)C(C)(C)[Si]1(CCC(F)(F)F)O[SiH2]O[Si](CCC(F)(F)F)(CCC(F)(F)F)O1. The van der Waals surface area contributed by atoms with Crippen LogP contribution in [0.2, 0.25) is 23.2 Å². The van der Waals surface area contributed by atoms with E-state index in [9.17, 15) is 52.7 Å². The normalized spacial score (nSPS) is 24.0. The minimum atomic E-state index is -5.00. The lowest BCUT2D eigenvalue weighted by molar-refractivity contribution is -0.226. The van der Waals surface area contributed by atoms with Crippen molar-refractivity contribution in [3.05, 3.63) is 0 Å². The number of halogens is 12. The molecule has 1 aliphatic rings. The standard InChI is InChI=1S/C16H26F12O3Si3/c1-11(2,16(26,27)28)12(3,4)34(10-7-15(23,24)25)30-32-29-33(31-34,8-5-13(17,18)19)9-6-14(20,21)22/h5-10,32H2,1-4H3. The van der Waals surface area contributed by atoms with Gasteiger partial charge < -0.3 is 12.3 Å². The van der Waals surface area contributed by atoms with Crippen molar-refractivity contribution in [1.29, 1.82) is 0 Å². The van der Waals surface area contributed by atoms with Gasteiger partial charge in [-0.05, 0) is 18.1 Å². The van der Waals surface area contributed by atoms with E-state index in [1.54, 1.807) is 0 Å². The first-order valence-corrected chi connectivity index (χ1v) is 15.4. The lowest BCUT2D eigenvalue weighted by atomic mass is 9.79. The van der Waals surface area contributed by atoms with Crippen LogP contribution in [0.15, 0.2) is 0 Å². The van der Waals surface area contributed by atoms with E-state index in [1.165, 1.54) is 0 Å². The molecule has 204 valence electrons. The highest BCUT2D eigenvalue weighted by atomic mass is 28.5. The molecule has 34 heavy (non-hydrogen) atoms. The molecule has 3 nitrogen and oxygen atoms in total. The first-order valence-electron chi connectivity index (χ1n) is 10.0. The second-order valence-electron chi connectivity index (χ2n) is 9.27. The van der Waals surface area contributed by atoms with E-state index in [4.69, 9.17) is 12.3 Å². The van der Waals surface area contributed by atoms with E-state index in [1.807, 2.05) is 0 Å². The molecule has 0 aliphatic carbocycles. The van der Waals surface area contributed by atoms with Gasteiger partial charge in [-0.2, -0.15) is 52.7 Å². The summed E-state index contributed by atoms with van der Waals surface area (Å²) in [5.41, 5.74) is -2.75. The molecule has 1 fully saturated rings. The molecule has 1 aliphatic heterocycles. The Labute approximate surface area is 193 Å². The lowest BCUT2D eigenvalue weighted by Crippen LogP contribution is -2.69. The van der Waals surface area contributed by atoms with Gasteiger partial charge in [-0.15, -0.1) is 0 Å². The van der Waals surface area contributed by atoms with Gasteiger partial charge in [0.1, 0.15) is 0 Å². The summed E-state index contributed by atoms with van der Waals surface area (Å²) in [5.74, 6) is 0. The van der Waals surface area contributed by atoms with Crippen LogP contribution in [0, 0.1) is 5.41 Å². The third-order valence-electron chi connectivity index (χ3n) is 6.50. The molecule has 0 radical (unpaired) electrons. The zero-order valence-corrected chi connectivity index (χ0v) is 22.1. The minimum Gasteiger partial charge on any atom is -0.420 e. The molecule has 0 amide bonds. The van der Waals surface area contributed by atoms with Gasteiger partial charge in [-0.3, -0.25) is 0 Å². The van der Waals surface area contributed by atoms with Crippen molar-refractivity contribution in [3.8, 4) is 0 Å². The molecule has 1 heterocycles. The van der Waals surface area contributed by atoms with Crippen LogP contribution in [0.1, 0.15) is 47.0 Å². The van der Waals surface area contributed by atoms with E-state index in [2.05, 4.69) is 0 Å². The van der Waals surface area contributed by atoms with Crippen LogP contribution in [0.25, 0.3) is 0 Å². The highest BCUT2D eigenvalue weighted by Gasteiger charge is 2.70. The summed E-state index contributed by atoms with van der Waals surface area (Å²) >= 11 is 0. The zero-order chi connectivity index (χ0) is 27.1. The third kappa shape index (κ3) is 7.84. The quantitative estimate of drug-likeness (QED) is 0.226. The summed E-state index contributed by atoms with van der Waals surface area (Å²) in [6, 6.07) is -3.30. The number of hydrogen-bond donors (Lipinski definition) is 0. The van der Waals surface area contributed by atoms with Gasteiger partial charge in [0, 0.05) is 24.3 Å². The Morgan fingerprint density at radius 3 is 1.32 bits per heavy atom. The fourth-order valence-corrected chi connectivity index (χ4v) is 19.2. The van der Waals surface area contributed by atoms with Gasteiger partial charge in [0.2, 0.25) is 0 Å². The Bertz CT molecular complexity index is 670. The second-order valence-corrected chi connectivity index (χ2v) is 18.7. The molecule has 0 saturated carbocycles. The molecule has 1 atom stereocenters. The van der Waals surface area contributed by atoms with E-state index in [0.717, 1.165) is 13.8 Å². The van der Waals surface area contributed by atoms with Gasteiger partial charge in [0.05, 0.1) is 5.41 Å². The Hall–Kier alpha value is -0.309. The highest BCUT2D eigenvalue weighted by Crippen LogP contribution is 2.63. The molecule has 0 aromatic heterocycles. The fourth-order valence-electron chi connectivity index (χ4n) is 3.51. The molecule has 0 aromatic carbocycles. The molecule has 0 N–H and O–H groups in total. The van der Waals surface area contributed by atoms with E-state index in [-0.39, 0.29) is 0 Å². The summed E-state index contributed by atoms with van der Waals surface area (Å²) in [6.07, 6.45) is -24.6. The predicted octanol–water partition coefficient (Wildman–Crippen LogP) is 7.16. The lowest BCUT2D eigenvalue weighted by Gasteiger charge is -2.57. The molecule has 1 rings (SSSR count). The Morgan fingerprint density at radius 2 is 0.971 bits per heavy atom. The second kappa shape index (κ2) is 9.86. The first kappa shape index (κ1) is 31.7. The highest BCUT2D eigenvalue weighted by molar-refractivity contribution is 6.88. The maximum Gasteiger partial charge on any atom is 0.394 e. The first-order chi connectivity index (χ1) is 14.8. The third-order valence-corrected chi connectivity index (χ3v) is 19.7. The van der Waals surface area contributed by atoms with E-state index < -0.39 is 99.7 Å². The van der Waals surface area contributed by atoms with Crippen LogP contribution in [-0.2, 0) is 12.3 Å². The number of hydrogen-bond acceptors (Lipinski definition) is 3. The number of rotatable bonds is 8. The van der Waals surface area contributed by atoms with Crippen LogP contribution in [0.3, 0.4) is 0 Å². The van der Waals surface area contributed by atoms with Crippen molar-refractivity contribution in [3.63, 3.8) is 0 Å². The van der Waals surface area contributed by atoms with Crippen molar-refractivity contribution >= 4 is 27.1 Å². The fraction of sp³-hybridized carbons (Fsp3) is 1.00. The predicted molar refractivity (Wildman–Crippen MR) is 104 cm³/mol. The molecule has 0 spiro atoms. The smallest absolute Gasteiger partial charge is 0.394 e. The van der Waals surface area contributed by atoms with Crippen molar-refractivity contribution in [2.75, 3.05) is 0 Å². The van der Waals surface area contributed by atoms with Gasteiger partial charge >= 0.3 is 41.8 Å².